The number of rotatable bonds is 9. The second kappa shape index (κ2) is 12.4. The summed E-state index contributed by atoms with van der Waals surface area (Å²) in [6, 6.07) is 23.4. The lowest BCUT2D eigenvalue weighted by molar-refractivity contribution is -0.126. The highest BCUT2D eigenvalue weighted by molar-refractivity contribution is 6.00. The van der Waals surface area contributed by atoms with Crippen molar-refractivity contribution in [2.45, 2.75) is 39.7 Å². The van der Waals surface area contributed by atoms with Gasteiger partial charge in [-0.3, -0.25) is 9.59 Å². The first-order valence-electron chi connectivity index (χ1n) is 11.6. The third-order valence-electron chi connectivity index (χ3n) is 5.31. The van der Waals surface area contributed by atoms with Gasteiger partial charge in [-0.1, -0.05) is 56.3 Å². The summed E-state index contributed by atoms with van der Waals surface area (Å²) in [6.45, 7) is 5.93. The van der Waals surface area contributed by atoms with Gasteiger partial charge in [0.2, 0.25) is 11.8 Å². The van der Waals surface area contributed by atoms with Gasteiger partial charge < -0.3 is 21.3 Å². The van der Waals surface area contributed by atoms with Gasteiger partial charge in [-0.2, -0.15) is 0 Å². The van der Waals surface area contributed by atoms with Crippen LogP contribution in [0.2, 0.25) is 0 Å². The zero-order valence-corrected chi connectivity index (χ0v) is 20.2. The fourth-order valence-corrected chi connectivity index (χ4v) is 3.54. The summed E-state index contributed by atoms with van der Waals surface area (Å²) in [5, 5.41) is 11.3. The Morgan fingerprint density at radius 1 is 0.829 bits per heavy atom. The number of urea groups is 1. The molecule has 1 atom stereocenters. The molecule has 0 aliphatic rings. The van der Waals surface area contributed by atoms with Crippen molar-refractivity contribution in [1.82, 2.24) is 5.32 Å². The first kappa shape index (κ1) is 25.5. The van der Waals surface area contributed by atoms with Crippen LogP contribution in [-0.2, 0) is 16.0 Å². The number of amides is 4. The number of benzene rings is 3. The summed E-state index contributed by atoms with van der Waals surface area (Å²) in [7, 11) is 0. The van der Waals surface area contributed by atoms with E-state index in [1.165, 1.54) is 0 Å². The van der Waals surface area contributed by atoms with Crippen LogP contribution in [0, 0.1) is 18.9 Å². The van der Waals surface area contributed by atoms with E-state index in [0.29, 0.717) is 17.8 Å². The second-order valence-electron chi connectivity index (χ2n) is 8.80. The van der Waals surface area contributed by atoms with Gasteiger partial charge in [-0.15, -0.1) is 0 Å². The molecule has 3 aromatic carbocycles. The fraction of sp³-hybridized carbons (Fsp3) is 0.250. The molecule has 0 unspecified atom stereocenters. The summed E-state index contributed by atoms with van der Waals surface area (Å²) in [6.07, 6.45) is 0.646. The van der Waals surface area contributed by atoms with E-state index in [1.807, 2.05) is 45.0 Å². The molecule has 0 bridgehead atoms. The van der Waals surface area contributed by atoms with Crippen LogP contribution in [0.4, 0.5) is 21.9 Å². The molecular formula is C28H31N4O3. The maximum atomic E-state index is 12.8. The minimum Gasteiger partial charge on any atom is -0.344 e. The monoisotopic (exact) mass is 471 g/mol. The van der Waals surface area contributed by atoms with Crippen LogP contribution in [-0.4, -0.2) is 23.9 Å². The Labute approximate surface area is 206 Å². The van der Waals surface area contributed by atoms with Crippen molar-refractivity contribution in [3.63, 3.8) is 0 Å². The molecule has 0 saturated heterocycles. The van der Waals surface area contributed by atoms with Crippen molar-refractivity contribution in [2.24, 2.45) is 5.92 Å². The molecule has 3 rings (SSSR count). The van der Waals surface area contributed by atoms with E-state index < -0.39 is 6.04 Å². The minimum absolute atomic E-state index is 0.123. The molecule has 35 heavy (non-hydrogen) atoms. The Hall–Kier alpha value is -4.13. The predicted octanol–water partition coefficient (Wildman–Crippen LogP) is 5.15. The van der Waals surface area contributed by atoms with E-state index in [2.05, 4.69) is 27.3 Å². The number of carbonyl (C=O) groups excluding carboxylic acids is 3. The number of anilines is 3. The largest absolute Gasteiger partial charge is 0.344 e. The third-order valence-corrected chi connectivity index (χ3v) is 5.31. The number of aryl methyl sites for hydroxylation is 1. The topological polar surface area (TPSA) is 99.3 Å². The summed E-state index contributed by atoms with van der Waals surface area (Å²) in [5.74, 6) is -0.269. The molecule has 0 saturated carbocycles. The average molecular weight is 472 g/mol. The van der Waals surface area contributed by atoms with Crippen LogP contribution in [0.1, 0.15) is 31.4 Å². The maximum absolute atomic E-state index is 12.8. The van der Waals surface area contributed by atoms with Crippen LogP contribution in [0.15, 0.2) is 72.8 Å². The molecule has 0 aliphatic carbocycles. The summed E-state index contributed by atoms with van der Waals surface area (Å²) in [4.78, 5) is 37.7. The molecule has 3 aromatic rings. The molecule has 4 amide bonds. The Morgan fingerprint density at radius 3 is 2.14 bits per heavy atom. The van der Waals surface area contributed by atoms with Crippen molar-refractivity contribution >= 4 is 34.9 Å². The van der Waals surface area contributed by atoms with E-state index in [0.717, 1.165) is 16.8 Å². The normalized spacial score (nSPS) is 11.4. The van der Waals surface area contributed by atoms with Crippen LogP contribution in [0.25, 0.3) is 0 Å². The lowest BCUT2D eigenvalue weighted by Crippen LogP contribution is -2.45. The van der Waals surface area contributed by atoms with Crippen molar-refractivity contribution in [2.75, 3.05) is 16.0 Å². The van der Waals surface area contributed by atoms with Crippen molar-refractivity contribution in [1.29, 1.82) is 0 Å². The van der Waals surface area contributed by atoms with Crippen molar-refractivity contribution < 1.29 is 14.4 Å². The first-order valence-corrected chi connectivity index (χ1v) is 11.6. The van der Waals surface area contributed by atoms with Gasteiger partial charge in [-0.25, -0.2) is 4.79 Å². The van der Waals surface area contributed by atoms with Gasteiger partial charge in [0.1, 0.15) is 6.04 Å². The van der Waals surface area contributed by atoms with Gasteiger partial charge in [0.05, 0.1) is 6.42 Å². The standard InChI is InChI=1S/C28H31N4O3/c1-19(2)17-25(27(34)29-22-10-5-4-6-11-22)31-26(33)18-21-13-15-23(16-14-21)30-28(35)32-24-12-8-7-9-20(24)3/h5-16,19,25H,17-18H2,1-3H3,(H,29,34)(H,31,33)(H2,30,32,35)/t25-/m0/s1. The molecule has 0 aromatic heterocycles. The Morgan fingerprint density at radius 2 is 1.49 bits per heavy atom. The first-order chi connectivity index (χ1) is 16.8. The molecule has 7 nitrogen and oxygen atoms in total. The van der Waals surface area contributed by atoms with Crippen LogP contribution in [0.5, 0.6) is 0 Å². The fourth-order valence-electron chi connectivity index (χ4n) is 3.54. The molecule has 0 aliphatic heterocycles. The number of para-hydroxylation sites is 1. The quantitative estimate of drug-likeness (QED) is 0.347. The van der Waals surface area contributed by atoms with E-state index in [-0.39, 0.29) is 30.2 Å². The molecule has 7 heteroatoms. The van der Waals surface area contributed by atoms with Crippen LogP contribution in [0.3, 0.4) is 0 Å². The molecule has 0 heterocycles. The molecule has 0 spiro atoms. The lowest BCUT2D eigenvalue weighted by atomic mass is 10.0. The SMILES string of the molecule is Cc1ccccc1NC(=O)Nc1ccc(CC(=O)N[C@@H](CC(C)C)C(=O)Nc2cc[c]cc2)cc1. The third kappa shape index (κ3) is 8.30. The van der Waals surface area contributed by atoms with Gasteiger partial charge in [0.25, 0.3) is 0 Å². The van der Waals surface area contributed by atoms with E-state index in [4.69, 9.17) is 0 Å². The Kier molecular flexibility index (Phi) is 9.01. The number of hydrogen-bond acceptors (Lipinski definition) is 3. The van der Waals surface area contributed by atoms with E-state index >= 15 is 0 Å². The van der Waals surface area contributed by atoms with E-state index in [9.17, 15) is 14.4 Å². The van der Waals surface area contributed by atoms with Gasteiger partial charge >= 0.3 is 6.03 Å². The highest BCUT2D eigenvalue weighted by atomic mass is 16.2. The number of hydrogen-bond donors (Lipinski definition) is 4. The zero-order valence-electron chi connectivity index (χ0n) is 20.2. The lowest BCUT2D eigenvalue weighted by Gasteiger charge is -2.20. The van der Waals surface area contributed by atoms with Gasteiger partial charge in [-0.05, 0) is 66.8 Å². The van der Waals surface area contributed by atoms with Gasteiger partial charge in [0, 0.05) is 17.1 Å². The smallest absolute Gasteiger partial charge is 0.323 e. The summed E-state index contributed by atoms with van der Waals surface area (Å²) >= 11 is 0. The molecule has 4 N–H and O–H groups in total. The minimum atomic E-state index is -0.641. The summed E-state index contributed by atoms with van der Waals surface area (Å²) < 4.78 is 0. The molecule has 1 radical (unpaired) electrons. The molecular weight excluding hydrogens is 440 g/mol. The number of carbonyl (C=O) groups is 3. The molecule has 0 fully saturated rings. The second-order valence-corrected chi connectivity index (χ2v) is 8.80. The van der Waals surface area contributed by atoms with Crippen molar-refractivity contribution in [3.8, 4) is 0 Å². The highest BCUT2D eigenvalue weighted by Gasteiger charge is 2.22. The highest BCUT2D eigenvalue weighted by Crippen LogP contribution is 2.15. The predicted molar refractivity (Wildman–Crippen MR) is 139 cm³/mol. The Bertz CT molecular complexity index is 1140. The number of nitrogens with one attached hydrogen (secondary N) is 4. The Balaban J connectivity index is 1.54. The van der Waals surface area contributed by atoms with E-state index in [1.54, 1.807) is 48.5 Å². The summed E-state index contributed by atoms with van der Waals surface area (Å²) in [5.41, 5.74) is 3.75. The van der Waals surface area contributed by atoms with Gasteiger partial charge in [0.15, 0.2) is 0 Å². The average Bonchev–Trinajstić information content (AvgIpc) is 2.82. The molecule has 181 valence electrons. The van der Waals surface area contributed by atoms with Crippen LogP contribution < -0.4 is 21.3 Å². The maximum Gasteiger partial charge on any atom is 0.323 e. The van der Waals surface area contributed by atoms with Crippen molar-refractivity contribution in [3.05, 3.63) is 90.0 Å². The van der Waals surface area contributed by atoms with Crippen LogP contribution >= 0.6 is 0 Å². The zero-order chi connectivity index (χ0) is 25.2.